The number of para-hydroxylation sites is 1. The van der Waals surface area contributed by atoms with Crippen molar-refractivity contribution in [1.82, 2.24) is 0 Å². The SMILES string of the molecule is CCSc1ccccc1NC(=O)[C@H](C)N(c1ccc(OC)cc1)S(C)(=O)=O. The molecule has 27 heavy (non-hydrogen) atoms. The van der Waals surface area contributed by atoms with E-state index >= 15 is 0 Å². The highest BCUT2D eigenvalue weighted by Crippen LogP contribution is 2.28. The highest BCUT2D eigenvalue weighted by Gasteiger charge is 2.29. The van der Waals surface area contributed by atoms with Crippen molar-refractivity contribution in [2.75, 3.05) is 28.7 Å². The van der Waals surface area contributed by atoms with Gasteiger partial charge in [0.2, 0.25) is 15.9 Å². The van der Waals surface area contributed by atoms with Crippen molar-refractivity contribution in [2.45, 2.75) is 24.8 Å². The molecule has 2 aromatic carbocycles. The smallest absolute Gasteiger partial charge is 0.248 e. The Morgan fingerprint density at radius 1 is 1.19 bits per heavy atom. The lowest BCUT2D eigenvalue weighted by Gasteiger charge is -2.28. The summed E-state index contributed by atoms with van der Waals surface area (Å²) in [5, 5.41) is 2.85. The molecule has 0 saturated heterocycles. The van der Waals surface area contributed by atoms with Crippen LogP contribution in [0, 0.1) is 0 Å². The standard InChI is InChI=1S/C19H24N2O4S2/c1-5-26-18-9-7-6-8-17(18)20-19(22)14(2)21(27(4,23)24)15-10-12-16(25-3)13-11-15/h6-14H,5H2,1-4H3,(H,20,22)/t14-/m0/s1. The number of benzene rings is 2. The van der Waals surface area contributed by atoms with E-state index in [1.807, 2.05) is 25.1 Å². The van der Waals surface area contributed by atoms with Crippen LogP contribution in [0.1, 0.15) is 13.8 Å². The molecule has 0 radical (unpaired) electrons. The molecule has 0 aromatic heterocycles. The molecule has 1 atom stereocenters. The van der Waals surface area contributed by atoms with Gasteiger partial charge in [0.25, 0.3) is 0 Å². The van der Waals surface area contributed by atoms with E-state index in [2.05, 4.69) is 5.32 Å². The summed E-state index contributed by atoms with van der Waals surface area (Å²) >= 11 is 1.61. The minimum Gasteiger partial charge on any atom is -0.497 e. The minimum absolute atomic E-state index is 0.400. The van der Waals surface area contributed by atoms with Gasteiger partial charge in [0.1, 0.15) is 11.8 Å². The van der Waals surface area contributed by atoms with Gasteiger partial charge >= 0.3 is 0 Å². The first kappa shape index (κ1) is 21.1. The van der Waals surface area contributed by atoms with Crippen LogP contribution in [0.5, 0.6) is 5.75 Å². The predicted octanol–water partition coefficient (Wildman–Crippen LogP) is 3.60. The van der Waals surface area contributed by atoms with Crippen molar-refractivity contribution in [2.24, 2.45) is 0 Å². The number of carbonyl (C=O) groups excluding carboxylic acids is 1. The molecule has 2 aromatic rings. The molecule has 0 fully saturated rings. The first-order valence-corrected chi connectivity index (χ1v) is 11.3. The Hall–Kier alpha value is -2.19. The summed E-state index contributed by atoms with van der Waals surface area (Å²) in [5.74, 6) is 1.07. The maximum atomic E-state index is 12.8. The Kier molecular flexibility index (Phi) is 7.15. The van der Waals surface area contributed by atoms with Crippen molar-refractivity contribution in [1.29, 1.82) is 0 Å². The second-order valence-corrected chi connectivity index (χ2v) is 9.02. The number of nitrogens with one attached hydrogen (secondary N) is 1. The van der Waals surface area contributed by atoms with Crippen LogP contribution in [-0.2, 0) is 14.8 Å². The van der Waals surface area contributed by atoms with Crippen molar-refractivity contribution in [3.63, 3.8) is 0 Å². The molecule has 0 aliphatic heterocycles. The van der Waals surface area contributed by atoms with E-state index in [1.54, 1.807) is 49.0 Å². The molecule has 146 valence electrons. The molecule has 0 bridgehead atoms. The second kappa shape index (κ2) is 9.14. The number of hydrogen-bond donors (Lipinski definition) is 1. The van der Waals surface area contributed by atoms with E-state index in [1.165, 1.54) is 7.11 Å². The summed E-state index contributed by atoms with van der Waals surface area (Å²) in [7, 11) is -2.14. The number of nitrogens with zero attached hydrogens (tertiary/aromatic N) is 1. The normalized spacial score (nSPS) is 12.3. The summed E-state index contributed by atoms with van der Waals surface area (Å²) in [5.41, 5.74) is 1.07. The number of ether oxygens (including phenoxy) is 1. The Morgan fingerprint density at radius 3 is 2.37 bits per heavy atom. The summed E-state index contributed by atoms with van der Waals surface area (Å²) in [6.45, 7) is 3.59. The fourth-order valence-corrected chi connectivity index (χ4v) is 4.56. The van der Waals surface area contributed by atoms with Gasteiger partial charge in [-0.05, 0) is 49.1 Å². The van der Waals surface area contributed by atoms with E-state index in [0.29, 0.717) is 17.1 Å². The average Bonchev–Trinajstić information content (AvgIpc) is 2.63. The summed E-state index contributed by atoms with van der Waals surface area (Å²) in [6, 6.07) is 13.1. The summed E-state index contributed by atoms with van der Waals surface area (Å²) < 4.78 is 30.9. The highest BCUT2D eigenvalue weighted by atomic mass is 32.2. The molecule has 0 heterocycles. The number of thioether (sulfide) groups is 1. The quantitative estimate of drug-likeness (QED) is 0.676. The Bertz CT molecular complexity index is 883. The van der Waals surface area contributed by atoms with Crippen molar-refractivity contribution >= 4 is 39.1 Å². The van der Waals surface area contributed by atoms with E-state index in [9.17, 15) is 13.2 Å². The molecule has 1 amide bonds. The molecular formula is C19H24N2O4S2. The van der Waals surface area contributed by atoms with Crippen LogP contribution in [0.15, 0.2) is 53.4 Å². The lowest BCUT2D eigenvalue weighted by Crippen LogP contribution is -2.45. The van der Waals surface area contributed by atoms with Gasteiger partial charge in [0.15, 0.2) is 0 Å². The van der Waals surface area contributed by atoms with Gasteiger partial charge in [0, 0.05) is 4.90 Å². The number of methoxy groups -OCH3 is 1. The van der Waals surface area contributed by atoms with Crippen LogP contribution in [0.2, 0.25) is 0 Å². The molecule has 0 saturated carbocycles. The molecule has 2 rings (SSSR count). The number of sulfonamides is 1. The summed E-state index contributed by atoms with van der Waals surface area (Å²) in [6.07, 6.45) is 1.09. The van der Waals surface area contributed by atoms with Gasteiger partial charge in [-0.1, -0.05) is 19.1 Å². The van der Waals surface area contributed by atoms with Crippen LogP contribution in [-0.4, -0.2) is 39.5 Å². The van der Waals surface area contributed by atoms with Crippen molar-refractivity contribution in [3.8, 4) is 5.75 Å². The topological polar surface area (TPSA) is 75.7 Å². The van der Waals surface area contributed by atoms with Crippen molar-refractivity contribution < 1.29 is 17.9 Å². The number of amides is 1. The molecule has 0 aliphatic carbocycles. The molecular weight excluding hydrogens is 384 g/mol. The number of rotatable bonds is 8. The lowest BCUT2D eigenvalue weighted by atomic mass is 10.2. The number of anilines is 2. The third kappa shape index (κ3) is 5.40. The Morgan fingerprint density at radius 2 is 1.81 bits per heavy atom. The predicted molar refractivity (Wildman–Crippen MR) is 111 cm³/mol. The molecule has 0 unspecified atom stereocenters. The monoisotopic (exact) mass is 408 g/mol. The fraction of sp³-hybridized carbons (Fsp3) is 0.316. The van der Waals surface area contributed by atoms with Crippen LogP contribution in [0.25, 0.3) is 0 Å². The maximum Gasteiger partial charge on any atom is 0.248 e. The van der Waals surface area contributed by atoms with Crippen LogP contribution in [0.3, 0.4) is 0 Å². The molecule has 1 N–H and O–H groups in total. The van der Waals surface area contributed by atoms with Crippen LogP contribution in [0.4, 0.5) is 11.4 Å². The number of hydrogen-bond acceptors (Lipinski definition) is 5. The lowest BCUT2D eigenvalue weighted by molar-refractivity contribution is -0.116. The molecule has 6 nitrogen and oxygen atoms in total. The van der Waals surface area contributed by atoms with Gasteiger partial charge in [-0.25, -0.2) is 8.42 Å². The Labute approximate surface area is 165 Å². The third-order valence-electron chi connectivity index (χ3n) is 3.86. The van der Waals surface area contributed by atoms with E-state index in [-0.39, 0.29) is 0 Å². The molecule has 0 spiro atoms. The largest absolute Gasteiger partial charge is 0.497 e. The van der Waals surface area contributed by atoms with E-state index < -0.39 is 22.0 Å². The zero-order chi connectivity index (χ0) is 20.0. The van der Waals surface area contributed by atoms with Gasteiger partial charge in [-0.15, -0.1) is 11.8 Å². The van der Waals surface area contributed by atoms with Gasteiger partial charge in [-0.3, -0.25) is 9.10 Å². The highest BCUT2D eigenvalue weighted by molar-refractivity contribution is 7.99. The second-order valence-electron chi connectivity index (χ2n) is 5.85. The third-order valence-corrected chi connectivity index (χ3v) is 6.06. The minimum atomic E-state index is -3.67. The van der Waals surface area contributed by atoms with Crippen molar-refractivity contribution in [3.05, 3.63) is 48.5 Å². The zero-order valence-electron chi connectivity index (χ0n) is 15.8. The fourth-order valence-electron chi connectivity index (χ4n) is 2.63. The van der Waals surface area contributed by atoms with Crippen LogP contribution >= 0.6 is 11.8 Å². The zero-order valence-corrected chi connectivity index (χ0v) is 17.4. The van der Waals surface area contributed by atoms with Gasteiger partial charge < -0.3 is 10.1 Å². The van der Waals surface area contributed by atoms with Crippen LogP contribution < -0.4 is 14.4 Å². The van der Waals surface area contributed by atoms with E-state index in [0.717, 1.165) is 21.2 Å². The Balaban J connectivity index is 2.30. The average molecular weight is 409 g/mol. The first-order chi connectivity index (χ1) is 12.8. The summed E-state index contributed by atoms with van der Waals surface area (Å²) in [4.78, 5) is 13.7. The van der Waals surface area contributed by atoms with Gasteiger partial charge in [0.05, 0.1) is 24.7 Å². The van der Waals surface area contributed by atoms with E-state index in [4.69, 9.17) is 4.74 Å². The number of carbonyl (C=O) groups is 1. The maximum absolute atomic E-state index is 12.8. The van der Waals surface area contributed by atoms with Gasteiger partial charge in [-0.2, -0.15) is 0 Å². The molecule has 0 aliphatic rings. The first-order valence-electron chi connectivity index (χ1n) is 8.44. The molecule has 8 heteroatoms.